The van der Waals surface area contributed by atoms with Crippen LogP contribution in [0.25, 0.3) is 0 Å². The van der Waals surface area contributed by atoms with Gasteiger partial charge in [0.2, 0.25) is 11.8 Å². The summed E-state index contributed by atoms with van der Waals surface area (Å²) in [4.78, 5) is 21.6. The molecular formula is C10H12N2O3. The van der Waals surface area contributed by atoms with Crippen molar-refractivity contribution in [1.82, 2.24) is 5.48 Å². The van der Waals surface area contributed by atoms with E-state index in [0.29, 0.717) is 11.3 Å². The standard InChI is InChI=1S/C10H12N2O3/c1-7(13)11-9-4-2-3-8(5-9)6-10(14)12-15/h2-5,15H,6H2,1H3,(H,11,13)(H,12,14). The highest BCUT2D eigenvalue weighted by Gasteiger charge is 2.02. The van der Waals surface area contributed by atoms with Crippen molar-refractivity contribution in [3.8, 4) is 0 Å². The molecule has 0 radical (unpaired) electrons. The lowest BCUT2D eigenvalue weighted by molar-refractivity contribution is -0.128. The second kappa shape index (κ2) is 5.11. The fourth-order valence-electron chi connectivity index (χ4n) is 1.19. The smallest absolute Gasteiger partial charge is 0.247 e. The lowest BCUT2D eigenvalue weighted by Gasteiger charge is -2.04. The number of hydrogen-bond donors (Lipinski definition) is 3. The Morgan fingerprint density at radius 2 is 2.13 bits per heavy atom. The van der Waals surface area contributed by atoms with Gasteiger partial charge in [-0.1, -0.05) is 12.1 Å². The molecular weight excluding hydrogens is 196 g/mol. The summed E-state index contributed by atoms with van der Waals surface area (Å²) in [6, 6.07) is 6.87. The van der Waals surface area contributed by atoms with Crippen LogP contribution in [0.15, 0.2) is 24.3 Å². The van der Waals surface area contributed by atoms with E-state index in [-0.39, 0.29) is 12.3 Å². The van der Waals surface area contributed by atoms with Gasteiger partial charge in [0, 0.05) is 12.6 Å². The molecule has 0 aliphatic heterocycles. The van der Waals surface area contributed by atoms with Crippen LogP contribution in [-0.2, 0) is 16.0 Å². The second-order valence-corrected chi connectivity index (χ2v) is 3.09. The van der Waals surface area contributed by atoms with Crippen LogP contribution in [0, 0.1) is 0 Å². The van der Waals surface area contributed by atoms with Crippen molar-refractivity contribution in [2.75, 3.05) is 5.32 Å². The minimum Gasteiger partial charge on any atom is -0.326 e. The number of hydroxylamine groups is 1. The fraction of sp³-hybridized carbons (Fsp3) is 0.200. The van der Waals surface area contributed by atoms with Gasteiger partial charge in [-0.05, 0) is 17.7 Å². The number of amides is 2. The number of hydrogen-bond acceptors (Lipinski definition) is 3. The molecule has 1 aromatic carbocycles. The maximum Gasteiger partial charge on any atom is 0.247 e. The third kappa shape index (κ3) is 3.78. The Morgan fingerprint density at radius 3 is 2.73 bits per heavy atom. The van der Waals surface area contributed by atoms with Crippen molar-refractivity contribution in [3.63, 3.8) is 0 Å². The molecule has 0 unspecified atom stereocenters. The average Bonchev–Trinajstić information content (AvgIpc) is 2.17. The van der Waals surface area contributed by atoms with Gasteiger partial charge in [-0.15, -0.1) is 0 Å². The van der Waals surface area contributed by atoms with Crippen molar-refractivity contribution >= 4 is 17.5 Å². The van der Waals surface area contributed by atoms with Gasteiger partial charge < -0.3 is 5.32 Å². The van der Waals surface area contributed by atoms with Crippen LogP contribution >= 0.6 is 0 Å². The number of carbonyl (C=O) groups is 2. The first-order valence-electron chi connectivity index (χ1n) is 4.41. The zero-order chi connectivity index (χ0) is 11.3. The molecule has 0 saturated heterocycles. The molecule has 0 heterocycles. The lowest BCUT2D eigenvalue weighted by Crippen LogP contribution is -2.20. The summed E-state index contributed by atoms with van der Waals surface area (Å²) in [7, 11) is 0. The Labute approximate surface area is 87.1 Å². The minimum atomic E-state index is -0.491. The van der Waals surface area contributed by atoms with Crippen molar-refractivity contribution in [2.24, 2.45) is 0 Å². The maximum atomic E-state index is 10.9. The van der Waals surface area contributed by atoms with Gasteiger partial charge in [-0.25, -0.2) is 5.48 Å². The van der Waals surface area contributed by atoms with E-state index >= 15 is 0 Å². The van der Waals surface area contributed by atoms with E-state index < -0.39 is 5.91 Å². The highest BCUT2D eigenvalue weighted by molar-refractivity contribution is 5.89. The second-order valence-electron chi connectivity index (χ2n) is 3.09. The molecule has 5 nitrogen and oxygen atoms in total. The summed E-state index contributed by atoms with van der Waals surface area (Å²) in [5.74, 6) is -0.659. The summed E-state index contributed by atoms with van der Waals surface area (Å²) in [5, 5.41) is 10.9. The summed E-state index contributed by atoms with van der Waals surface area (Å²) in [6.45, 7) is 1.41. The summed E-state index contributed by atoms with van der Waals surface area (Å²) >= 11 is 0. The van der Waals surface area contributed by atoms with Crippen molar-refractivity contribution in [3.05, 3.63) is 29.8 Å². The number of carbonyl (C=O) groups excluding carboxylic acids is 2. The van der Waals surface area contributed by atoms with Crippen molar-refractivity contribution in [1.29, 1.82) is 0 Å². The van der Waals surface area contributed by atoms with Crippen molar-refractivity contribution in [2.45, 2.75) is 13.3 Å². The first-order chi connectivity index (χ1) is 7.11. The average molecular weight is 208 g/mol. The molecule has 0 spiro atoms. The van der Waals surface area contributed by atoms with E-state index in [0.717, 1.165) is 0 Å². The van der Waals surface area contributed by atoms with E-state index in [1.807, 2.05) is 0 Å². The SMILES string of the molecule is CC(=O)Nc1cccc(CC(=O)NO)c1. The highest BCUT2D eigenvalue weighted by atomic mass is 16.5. The van der Waals surface area contributed by atoms with Gasteiger partial charge in [-0.2, -0.15) is 0 Å². The first-order valence-corrected chi connectivity index (χ1v) is 4.41. The molecule has 0 bridgehead atoms. The third-order valence-corrected chi connectivity index (χ3v) is 1.74. The summed E-state index contributed by atoms with van der Waals surface area (Å²) in [5.41, 5.74) is 2.89. The van der Waals surface area contributed by atoms with Crippen molar-refractivity contribution < 1.29 is 14.8 Å². The molecule has 0 aliphatic rings. The summed E-state index contributed by atoms with van der Waals surface area (Å²) < 4.78 is 0. The Morgan fingerprint density at radius 1 is 1.40 bits per heavy atom. The van der Waals surface area contributed by atoms with E-state index in [9.17, 15) is 9.59 Å². The van der Waals surface area contributed by atoms with Crippen LogP contribution in [0.2, 0.25) is 0 Å². The molecule has 3 N–H and O–H groups in total. The normalized spacial score (nSPS) is 9.47. The van der Waals surface area contributed by atoms with Crippen LogP contribution in [0.5, 0.6) is 0 Å². The number of benzene rings is 1. The Kier molecular flexibility index (Phi) is 3.82. The number of nitrogens with one attached hydrogen (secondary N) is 2. The lowest BCUT2D eigenvalue weighted by atomic mass is 10.1. The van der Waals surface area contributed by atoms with Gasteiger partial charge in [0.05, 0.1) is 6.42 Å². The number of anilines is 1. The van der Waals surface area contributed by atoms with Crippen LogP contribution in [0.4, 0.5) is 5.69 Å². The molecule has 0 aliphatic carbocycles. The molecule has 15 heavy (non-hydrogen) atoms. The maximum absolute atomic E-state index is 10.9. The molecule has 0 saturated carbocycles. The van der Waals surface area contributed by atoms with Gasteiger partial charge in [-0.3, -0.25) is 14.8 Å². The quantitative estimate of drug-likeness (QED) is 0.505. The zero-order valence-electron chi connectivity index (χ0n) is 8.28. The van der Waals surface area contributed by atoms with E-state index in [1.165, 1.54) is 6.92 Å². The largest absolute Gasteiger partial charge is 0.326 e. The Bertz CT molecular complexity index is 377. The predicted octanol–water partition coefficient (Wildman–Crippen LogP) is 0.693. The highest BCUT2D eigenvalue weighted by Crippen LogP contribution is 2.10. The van der Waals surface area contributed by atoms with E-state index in [2.05, 4.69) is 5.32 Å². The topological polar surface area (TPSA) is 78.4 Å². The molecule has 2 amide bonds. The molecule has 0 fully saturated rings. The van der Waals surface area contributed by atoms with Gasteiger partial charge in [0.1, 0.15) is 0 Å². The fourth-order valence-corrected chi connectivity index (χ4v) is 1.19. The molecule has 80 valence electrons. The van der Waals surface area contributed by atoms with Crippen LogP contribution in [-0.4, -0.2) is 17.0 Å². The van der Waals surface area contributed by atoms with Gasteiger partial charge >= 0.3 is 0 Å². The Balaban J connectivity index is 2.74. The molecule has 1 aromatic rings. The van der Waals surface area contributed by atoms with Crippen LogP contribution in [0.3, 0.4) is 0 Å². The summed E-state index contributed by atoms with van der Waals surface area (Å²) in [6.07, 6.45) is 0.0733. The van der Waals surface area contributed by atoms with E-state index in [1.54, 1.807) is 29.7 Å². The third-order valence-electron chi connectivity index (χ3n) is 1.74. The van der Waals surface area contributed by atoms with Crippen LogP contribution < -0.4 is 10.8 Å². The molecule has 0 aromatic heterocycles. The molecule has 5 heteroatoms. The molecule has 0 atom stereocenters. The molecule has 1 rings (SSSR count). The monoisotopic (exact) mass is 208 g/mol. The predicted molar refractivity (Wildman–Crippen MR) is 54.4 cm³/mol. The minimum absolute atomic E-state index is 0.0733. The van der Waals surface area contributed by atoms with Gasteiger partial charge in [0.15, 0.2) is 0 Å². The van der Waals surface area contributed by atoms with Gasteiger partial charge in [0.25, 0.3) is 0 Å². The van der Waals surface area contributed by atoms with E-state index in [4.69, 9.17) is 5.21 Å². The zero-order valence-corrected chi connectivity index (χ0v) is 8.28. The first kappa shape index (κ1) is 11.2. The Hall–Kier alpha value is -1.88. The number of rotatable bonds is 3. The van der Waals surface area contributed by atoms with Crippen LogP contribution in [0.1, 0.15) is 12.5 Å².